The number of unbranched alkanes of at least 4 members (excludes halogenated alkanes) is 2. The molecule has 1 aliphatic heterocycles. The van der Waals surface area contributed by atoms with E-state index in [0.29, 0.717) is 46.5 Å². The van der Waals surface area contributed by atoms with Crippen LogP contribution in [0.1, 0.15) is 60.2 Å². The zero-order chi connectivity index (χ0) is 30.2. The van der Waals surface area contributed by atoms with Crippen molar-refractivity contribution in [3.63, 3.8) is 0 Å². The monoisotopic (exact) mass is 574 g/mol. The molecule has 9 nitrogen and oxygen atoms in total. The lowest BCUT2D eigenvalue weighted by atomic mass is 9.89. The van der Waals surface area contributed by atoms with Crippen LogP contribution in [0.3, 0.4) is 0 Å². The molecule has 0 aromatic heterocycles. The number of hydrogen-bond donors (Lipinski definition) is 3. The average molecular weight is 575 g/mol. The highest BCUT2D eigenvalue weighted by Crippen LogP contribution is 2.42. The fraction of sp³-hybridized carbons (Fsp3) is 0.364. The van der Waals surface area contributed by atoms with Crippen molar-refractivity contribution in [3.8, 4) is 22.5 Å². The highest BCUT2D eigenvalue weighted by Gasteiger charge is 2.23. The van der Waals surface area contributed by atoms with Crippen LogP contribution in [0, 0.1) is 0 Å². The Morgan fingerprint density at radius 2 is 1.64 bits per heavy atom. The highest BCUT2D eigenvalue weighted by atomic mass is 16.4. The smallest absolute Gasteiger partial charge is 0.336 e. The quantitative estimate of drug-likeness (QED) is 0.154. The SMILES string of the molecule is CCCCN(CCO)c1ccc2c(-c3ccc(C(=O)[O-])cc3C(=O)O)c3ccc(=[N+](CCO)CCCC)cc-3oc2c1. The van der Waals surface area contributed by atoms with Gasteiger partial charge in [0.25, 0.3) is 0 Å². The van der Waals surface area contributed by atoms with Crippen LogP contribution >= 0.6 is 0 Å². The van der Waals surface area contributed by atoms with Gasteiger partial charge in [0.2, 0.25) is 5.36 Å². The Morgan fingerprint density at radius 3 is 2.31 bits per heavy atom. The van der Waals surface area contributed by atoms with Crippen molar-refractivity contribution >= 4 is 28.6 Å². The van der Waals surface area contributed by atoms with Gasteiger partial charge in [0, 0.05) is 53.8 Å². The minimum absolute atomic E-state index is 0.00354. The molecule has 222 valence electrons. The zero-order valence-corrected chi connectivity index (χ0v) is 24.1. The van der Waals surface area contributed by atoms with Crippen LogP contribution < -0.4 is 19.9 Å². The molecule has 0 saturated carbocycles. The molecule has 0 amide bonds. The lowest BCUT2D eigenvalue weighted by Gasteiger charge is -2.25. The first-order valence-corrected chi connectivity index (χ1v) is 14.5. The maximum Gasteiger partial charge on any atom is 0.336 e. The van der Waals surface area contributed by atoms with E-state index < -0.39 is 11.9 Å². The van der Waals surface area contributed by atoms with Crippen LogP contribution in [-0.4, -0.2) is 66.7 Å². The summed E-state index contributed by atoms with van der Waals surface area (Å²) in [5, 5.41) is 42.5. The summed E-state index contributed by atoms with van der Waals surface area (Å²) in [4.78, 5) is 26.0. The van der Waals surface area contributed by atoms with Crippen molar-refractivity contribution in [3.05, 3.63) is 71.1 Å². The van der Waals surface area contributed by atoms with Crippen molar-refractivity contribution < 1.29 is 34.4 Å². The third-order valence-corrected chi connectivity index (χ3v) is 7.48. The molecular formula is C33H38N2O7. The molecule has 4 rings (SSSR count). The fourth-order valence-corrected chi connectivity index (χ4v) is 5.30. The number of aromatic carboxylic acids is 2. The Bertz CT molecular complexity index is 1610. The van der Waals surface area contributed by atoms with E-state index in [1.807, 2.05) is 36.4 Å². The normalized spacial score (nSPS) is 12.1. The van der Waals surface area contributed by atoms with Crippen molar-refractivity contribution in [1.82, 2.24) is 4.58 Å². The van der Waals surface area contributed by atoms with Crippen LogP contribution in [0.25, 0.3) is 33.4 Å². The fourth-order valence-electron chi connectivity index (χ4n) is 5.30. The zero-order valence-electron chi connectivity index (χ0n) is 24.1. The molecule has 42 heavy (non-hydrogen) atoms. The Morgan fingerprint density at radius 1 is 0.881 bits per heavy atom. The molecule has 2 aliphatic rings. The minimum atomic E-state index is -1.46. The first kappa shape index (κ1) is 30.7. The van der Waals surface area contributed by atoms with E-state index in [9.17, 15) is 30.0 Å². The van der Waals surface area contributed by atoms with E-state index in [1.54, 1.807) is 0 Å². The predicted octanol–water partition coefficient (Wildman–Crippen LogP) is 3.43. The van der Waals surface area contributed by atoms with Crippen LogP contribution in [-0.2, 0) is 0 Å². The number of anilines is 1. The first-order chi connectivity index (χ1) is 20.3. The maximum absolute atomic E-state index is 12.4. The third-order valence-electron chi connectivity index (χ3n) is 7.48. The largest absolute Gasteiger partial charge is 0.545 e. The summed E-state index contributed by atoms with van der Waals surface area (Å²) in [7, 11) is 0. The van der Waals surface area contributed by atoms with Gasteiger partial charge in [-0.15, -0.1) is 0 Å². The summed E-state index contributed by atoms with van der Waals surface area (Å²) in [6.07, 6.45) is 3.90. The van der Waals surface area contributed by atoms with Crippen molar-refractivity contribution in [1.29, 1.82) is 0 Å². The van der Waals surface area contributed by atoms with E-state index in [4.69, 9.17) is 4.42 Å². The minimum Gasteiger partial charge on any atom is -0.545 e. The highest BCUT2D eigenvalue weighted by molar-refractivity contribution is 6.08. The lowest BCUT2D eigenvalue weighted by Crippen LogP contribution is -2.33. The van der Waals surface area contributed by atoms with E-state index >= 15 is 0 Å². The van der Waals surface area contributed by atoms with Crippen LogP contribution in [0.2, 0.25) is 0 Å². The number of carboxylic acid groups (broad SMARTS) is 2. The van der Waals surface area contributed by atoms with E-state index in [1.165, 1.54) is 12.1 Å². The summed E-state index contributed by atoms with van der Waals surface area (Å²) in [5.74, 6) is -2.19. The van der Waals surface area contributed by atoms with Gasteiger partial charge in [0.1, 0.15) is 24.5 Å². The van der Waals surface area contributed by atoms with Gasteiger partial charge in [-0.25, -0.2) is 9.37 Å². The predicted molar refractivity (Wildman–Crippen MR) is 161 cm³/mol. The van der Waals surface area contributed by atoms with Crippen molar-refractivity contribution in [2.75, 3.05) is 44.3 Å². The van der Waals surface area contributed by atoms with Gasteiger partial charge in [-0.3, -0.25) is 0 Å². The van der Waals surface area contributed by atoms with E-state index in [0.717, 1.165) is 55.9 Å². The number of carbonyl (C=O) groups excluding carboxylic acids is 1. The number of carboxylic acids is 2. The topological polar surface area (TPSA) is 137 Å². The average Bonchev–Trinajstić information content (AvgIpc) is 2.99. The Hall–Kier alpha value is -4.21. The van der Waals surface area contributed by atoms with Crippen molar-refractivity contribution in [2.45, 2.75) is 39.5 Å². The van der Waals surface area contributed by atoms with Crippen LogP contribution in [0.4, 0.5) is 5.69 Å². The molecule has 3 N–H and O–H groups in total. The molecule has 2 aromatic carbocycles. The summed E-state index contributed by atoms with van der Waals surface area (Å²) < 4.78 is 8.57. The van der Waals surface area contributed by atoms with E-state index in [2.05, 4.69) is 23.3 Å². The van der Waals surface area contributed by atoms with E-state index in [-0.39, 0.29) is 24.3 Å². The first-order valence-electron chi connectivity index (χ1n) is 14.5. The number of benzene rings is 3. The van der Waals surface area contributed by atoms with Crippen molar-refractivity contribution in [2.24, 2.45) is 0 Å². The van der Waals surface area contributed by atoms with Gasteiger partial charge in [-0.2, -0.15) is 0 Å². The maximum atomic E-state index is 12.4. The number of rotatable bonds is 14. The van der Waals surface area contributed by atoms with Gasteiger partial charge in [-0.05, 0) is 41.8 Å². The summed E-state index contributed by atoms with van der Waals surface area (Å²) >= 11 is 0. The second-order valence-corrected chi connectivity index (χ2v) is 10.3. The van der Waals surface area contributed by atoms with Gasteiger partial charge in [-0.1, -0.05) is 38.8 Å². The molecule has 0 saturated heterocycles. The number of aliphatic hydroxyl groups is 2. The number of aliphatic hydroxyl groups excluding tert-OH is 2. The second kappa shape index (κ2) is 14.1. The number of nitrogens with zero attached hydrogens (tertiary/aromatic N) is 2. The van der Waals surface area contributed by atoms with Gasteiger partial charge >= 0.3 is 5.97 Å². The van der Waals surface area contributed by atoms with Crippen LogP contribution in [0.5, 0.6) is 0 Å². The molecule has 9 heteroatoms. The Labute approximate surface area is 244 Å². The third kappa shape index (κ3) is 6.64. The van der Waals surface area contributed by atoms with Gasteiger partial charge in [0.05, 0.1) is 24.2 Å². The molecule has 0 fully saturated rings. The number of carbonyl (C=O) groups is 2. The standard InChI is InChI=1S/C33H38N2O7/c1-3-5-13-34(15-17-36)23-8-11-26-29(20-23)42-30-21-24(35(16-18-37)14-6-4-2)9-12-27(30)31(26)25-10-7-22(32(38)39)19-28(25)33(40)41/h7-12,19-21,36-37H,3-6,13-18H2,1-2H3,(H-,38,39,40,41). The molecule has 1 heterocycles. The summed E-state index contributed by atoms with van der Waals surface area (Å²) in [6, 6.07) is 15.4. The lowest BCUT2D eigenvalue weighted by molar-refractivity contribution is -0.255. The number of hydrogen-bond acceptors (Lipinski definition) is 7. The molecular weight excluding hydrogens is 536 g/mol. The molecule has 0 radical (unpaired) electrons. The summed E-state index contributed by atoms with van der Waals surface area (Å²) in [5.41, 5.74) is 2.64. The second-order valence-electron chi connectivity index (χ2n) is 10.3. The van der Waals surface area contributed by atoms with Crippen LogP contribution in [0.15, 0.2) is 59.0 Å². The molecule has 0 unspecified atom stereocenters. The number of fused-ring (bicyclic) bond motifs is 2. The summed E-state index contributed by atoms with van der Waals surface area (Å²) in [6.45, 7) is 6.63. The molecule has 0 spiro atoms. The Balaban J connectivity index is 2.07. The molecule has 0 atom stereocenters. The van der Waals surface area contributed by atoms with Gasteiger partial charge in [0.15, 0.2) is 6.54 Å². The molecule has 1 aliphatic carbocycles. The molecule has 0 bridgehead atoms. The molecule has 2 aromatic rings. The Kier molecular flexibility index (Phi) is 10.3. The van der Waals surface area contributed by atoms with Gasteiger partial charge < -0.3 is 34.5 Å².